The van der Waals surface area contributed by atoms with Crippen molar-refractivity contribution >= 4 is 0 Å². The van der Waals surface area contributed by atoms with E-state index in [1.165, 1.54) is 5.57 Å². The van der Waals surface area contributed by atoms with E-state index in [9.17, 15) is 0 Å². The first kappa shape index (κ1) is 10.7. The van der Waals surface area contributed by atoms with Crippen LogP contribution in [0.4, 0.5) is 0 Å². The topological polar surface area (TPSA) is 26.0 Å². The third kappa shape index (κ3) is 4.20. The molecule has 0 rings (SSSR count). The maximum atomic E-state index is 5.96. The Hall–Kier alpha value is -0.300. The van der Waals surface area contributed by atoms with E-state index in [0.29, 0.717) is 11.8 Å². The van der Waals surface area contributed by atoms with Gasteiger partial charge in [0, 0.05) is 6.04 Å². The molecule has 1 nitrogen and oxygen atoms in total. The number of hydrogen-bond donors (Lipinski definition) is 1. The average molecular weight is 155 g/mol. The largest absolute Gasteiger partial charge is 0.327 e. The van der Waals surface area contributed by atoms with Crippen molar-refractivity contribution < 1.29 is 0 Å². The van der Waals surface area contributed by atoms with Gasteiger partial charge in [-0.1, -0.05) is 32.9 Å². The Balaban J connectivity index is 3.82. The summed E-state index contributed by atoms with van der Waals surface area (Å²) in [5.74, 6) is 1.14. The van der Waals surface area contributed by atoms with E-state index in [-0.39, 0.29) is 6.04 Å². The van der Waals surface area contributed by atoms with E-state index in [2.05, 4.69) is 27.4 Å². The number of hydrogen-bond acceptors (Lipinski definition) is 1. The third-order valence-corrected chi connectivity index (χ3v) is 2.16. The first-order valence-corrected chi connectivity index (χ1v) is 4.36. The summed E-state index contributed by atoms with van der Waals surface area (Å²) < 4.78 is 0. The highest BCUT2D eigenvalue weighted by atomic mass is 14.6. The van der Waals surface area contributed by atoms with Crippen molar-refractivity contribution in [3.63, 3.8) is 0 Å². The van der Waals surface area contributed by atoms with Crippen LogP contribution in [0.1, 0.15) is 34.1 Å². The minimum Gasteiger partial charge on any atom is -0.327 e. The quantitative estimate of drug-likeness (QED) is 0.620. The molecule has 66 valence electrons. The average Bonchev–Trinajstić information content (AvgIpc) is 1.84. The molecule has 2 atom stereocenters. The first-order chi connectivity index (χ1) is 4.95. The van der Waals surface area contributed by atoms with Gasteiger partial charge >= 0.3 is 0 Å². The normalized spacial score (nSPS) is 16.5. The summed E-state index contributed by atoms with van der Waals surface area (Å²) in [5.41, 5.74) is 7.15. The van der Waals surface area contributed by atoms with E-state index in [1.807, 2.05) is 6.92 Å². The molecular formula is C10H21N. The summed E-state index contributed by atoms with van der Waals surface area (Å²) in [6, 6.07) is 0.285. The minimum atomic E-state index is 0.285. The van der Waals surface area contributed by atoms with Gasteiger partial charge in [-0.2, -0.15) is 0 Å². The lowest BCUT2D eigenvalue weighted by atomic mass is 9.90. The molecule has 11 heavy (non-hydrogen) atoms. The van der Waals surface area contributed by atoms with Gasteiger partial charge in [0.25, 0.3) is 0 Å². The van der Waals surface area contributed by atoms with Crippen LogP contribution in [-0.2, 0) is 0 Å². The molecule has 0 amide bonds. The summed E-state index contributed by atoms with van der Waals surface area (Å²) in [6.07, 6.45) is 1.09. The van der Waals surface area contributed by atoms with Crippen LogP contribution in [0.15, 0.2) is 12.2 Å². The van der Waals surface area contributed by atoms with Crippen LogP contribution in [0.2, 0.25) is 0 Å². The van der Waals surface area contributed by atoms with E-state index < -0.39 is 0 Å². The lowest BCUT2D eigenvalue weighted by Gasteiger charge is -2.21. The van der Waals surface area contributed by atoms with Crippen molar-refractivity contribution in [2.75, 3.05) is 0 Å². The Morgan fingerprint density at radius 3 is 2.09 bits per heavy atom. The molecule has 0 bridgehead atoms. The predicted octanol–water partition coefficient (Wildman–Crippen LogP) is 2.57. The molecule has 0 aliphatic carbocycles. The second-order valence-corrected chi connectivity index (χ2v) is 3.93. The maximum absolute atomic E-state index is 5.96. The minimum absolute atomic E-state index is 0.285. The lowest BCUT2D eigenvalue weighted by Crippen LogP contribution is -2.30. The van der Waals surface area contributed by atoms with Gasteiger partial charge in [0.2, 0.25) is 0 Å². The molecule has 0 saturated carbocycles. The van der Waals surface area contributed by atoms with E-state index in [4.69, 9.17) is 5.73 Å². The summed E-state index contributed by atoms with van der Waals surface area (Å²) in [7, 11) is 0. The summed E-state index contributed by atoms with van der Waals surface area (Å²) in [4.78, 5) is 0. The van der Waals surface area contributed by atoms with Crippen molar-refractivity contribution in [1.82, 2.24) is 0 Å². The highest BCUT2D eigenvalue weighted by Gasteiger charge is 2.13. The van der Waals surface area contributed by atoms with Crippen molar-refractivity contribution in [1.29, 1.82) is 0 Å². The van der Waals surface area contributed by atoms with Crippen LogP contribution in [0.5, 0.6) is 0 Å². The van der Waals surface area contributed by atoms with E-state index in [1.54, 1.807) is 0 Å². The molecule has 0 unspecified atom stereocenters. The Labute approximate surface area is 70.7 Å². The molecule has 0 fully saturated rings. The number of rotatable bonds is 4. The fraction of sp³-hybridized carbons (Fsp3) is 0.800. The molecular weight excluding hydrogens is 134 g/mol. The molecule has 0 aromatic heterocycles. The van der Waals surface area contributed by atoms with Gasteiger partial charge in [0.15, 0.2) is 0 Å². The molecule has 0 radical (unpaired) electrons. The standard InChI is InChI=1S/C10H21N/c1-7(2)6-10(11)9(5)8(3)4/h7,9-10H,3,6,11H2,1-2,4-5H3/t9-,10+/m1/s1. The van der Waals surface area contributed by atoms with Gasteiger partial charge in [0.1, 0.15) is 0 Å². The van der Waals surface area contributed by atoms with Crippen LogP contribution in [0, 0.1) is 11.8 Å². The Morgan fingerprint density at radius 2 is 1.82 bits per heavy atom. The Bertz CT molecular complexity index is 127. The monoisotopic (exact) mass is 155 g/mol. The van der Waals surface area contributed by atoms with Crippen LogP contribution in [-0.4, -0.2) is 6.04 Å². The van der Waals surface area contributed by atoms with Crippen molar-refractivity contribution in [3.8, 4) is 0 Å². The maximum Gasteiger partial charge on any atom is 0.0104 e. The molecule has 0 spiro atoms. The van der Waals surface area contributed by atoms with Gasteiger partial charge in [-0.15, -0.1) is 0 Å². The van der Waals surface area contributed by atoms with Crippen molar-refractivity contribution in [2.24, 2.45) is 17.6 Å². The molecule has 0 aromatic rings. The predicted molar refractivity (Wildman–Crippen MR) is 51.4 cm³/mol. The van der Waals surface area contributed by atoms with E-state index >= 15 is 0 Å². The molecule has 0 heterocycles. The molecule has 2 N–H and O–H groups in total. The molecule has 0 aromatic carbocycles. The second kappa shape index (κ2) is 4.55. The van der Waals surface area contributed by atoms with Gasteiger partial charge < -0.3 is 5.73 Å². The summed E-state index contributed by atoms with van der Waals surface area (Å²) in [5, 5.41) is 0. The Morgan fingerprint density at radius 1 is 1.36 bits per heavy atom. The SMILES string of the molecule is C=C(C)[C@@H](C)[C@@H](N)CC(C)C. The van der Waals surface area contributed by atoms with Gasteiger partial charge in [0.05, 0.1) is 0 Å². The van der Waals surface area contributed by atoms with Gasteiger partial charge in [-0.25, -0.2) is 0 Å². The molecule has 1 heteroatoms. The highest BCUT2D eigenvalue weighted by molar-refractivity contribution is 4.98. The molecule has 0 aliphatic heterocycles. The molecule has 0 saturated heterocycles. The van der Waals surface area contributed by atoms with Gasteiger partial charge in [-0.05, 0) is 25.2 Å². The smallest absolute Gasteiger partial charge is 0.0104 e. The summed E-state index contributed by atoms with van der Waals surface area (Å²) >= 11 is 0. The lowest BCUT2D eigenvalue weighted by molar-refractivity contribution is 0.420. The fourth-order valence-corrected chi connectivity index (χ4v) is 1.11. The second-order valence-electron chi connectivity index (χ2n) is 3.93. The van der Waals surface area contributed by atoms with Gasteiger partial charge in [-0.3, -0.25) is 0 Å². The summed E-state index contributed by atoms with van der Waals surface area (Å²) in [6.45, 7) is 12.5. The number of nitrogens with two attached hydrogens (primary N) is 1. The zero-order valence-electron chi connectivity index (χ0n) is 8.22. The zero-order valence-corrected chi connectivity index (χ0v) is 8.22. The third-order valence-electron chi connectivity index (χ3n) is 2.16. The van der Waals surface area contributed by atoms with Crippen LogP contribution in [0.3, 0.4) is 0 Å². The highest BCUT2D eigenvalue weighted by Crippen LogP contribution is 2.16. The van der Waals surface area contributed by atoms with Crippen LogP contribution < -0.4 is 5.73 Å². The van der Waals surface area contributed by atoms with E-state index in [0.717, 1.165) is 6.42 Å². The van der Waals surface area contributed by atoms with Crippen molar-refractivity contribution in [2.45, 2.75) is 40.2 Å². The van der Waals surface area contributed by atoms with Crippen molar-refractivity contribution in [3.05, 3.63) is 12.2 Å². The molecule has 0 aliphatic rings. The fourth-order valence-electron chi connectivity index (χ4n) is 1.11. The first-order valence-electron chi connectivity index (χ1n) is 4.36. The van der Waals surface area contributed by atoms with Crippen LogP contribution >= 0.6 is 0 Å². The zero-order chi connectivity index (χ0) is 9.02. The van der Waals surface area contributed by atoms with Crippen LogP contribution in [0.25, 0.3) is 0 Å². The Kier molecular flexibility index (Phi) is 4.43.